The molecular formula is C13H17ClO2. The molecule has 0 saturated carbocycles. The van der Waals surface area contributed by atoms with Crippen molar-refractivity contribution in [3.05, 3.63) is 34.9 Å². The first kappa shape index (κ1) is 13.0. The van der Waals surface area contributed by atoms with E-state index in [2.05, 4.69) is 13.8 Å². The maximum atomic E-state index is 10.7. The second kappa shape index (κ2) is 5.90. The molecule has 16 heavy (non-hydrogen) atoms. The van der Waals surface area contributed by atoms with E-state index in [0.717, 1.165) is 12.0 Å². The molecule has 1 aromatic carbocycles. The highest BCUT2D eigenvalue weighted by Gasteiger charge is 2.17. The monoisotopic (exact) mass is 240 g/mol. The third kappa shape index (κ3) is 4.23. The molecule has 3 heteroatoms. The Kier molecular flexibility index (Phi) is 4.81. The van der Waals surface area contributed by atoms with Gasteiger partial charge in [0.1, 0.15) is 0 Å². The third-order valence-corrected chi connectivity index (χ3v) is 3.04. The highest BCUT2D eigenvalue weighted by molar-refractivity contribution is 6.30. The lowest BCUT2D eigenvalue weighted by atomic mass is 9.87. The fourth-order valence-corrected chi connectivity index (χ4v) is 1.82. The number of halogens is 1. The van der Waals surface area contributed by atoms with Crippen LogP contribution < -0.4 is 0 Å². The topological polar surface area (TPSA) is 37.3 Å². The molecule has 0 radical (unpaired) electrons. The minimum absolute atomic E-state index is 0.179. The summed E-state index contributed by atoms with van der Waals surface area (Å²) in [7, 11) is 0. The lowest BCUT2D eigenvalue weighted by Crippen LogP contribution is -2.16. The van der Waals surface area contributed by atoms with Crippen LogP contribution in [-0.2, 0) is 11.2 Å². The van der Waals surface area contributed by atoms with Crippen molar-refractivity contribution < 1.29 is 9.90 Å². The van der Waals surface area contributed by atoms with Gasteiger partial charge in [-0.1, -0.05) is 37.6 Å². The van der Waals surface area contributed by atoms with Gasteiger partial charge in [-0.25, -0.2) is 0 Å². The summed E-state index contributed by atoms with van der Waals surface area (Å²) in [6.45, 7) is 4.12. The molecule has 1 atom stereocenters. The minimum Gasteiger partial charge on any atom is -0.481 e. The van der Waals surface area contributed by atoms with Crippen LogP contribution in [0.4, 0.5) is 0 Å². The fourth-order valence-electron chi connectivity index (χ4n) is 1.69. The van der Waals surface area contributed by atoms with Gasteiger partial charge in [-0.05, 0) is 36.0 Å². The number of carbonyl (C=O) groups is 1. The molecule has 0 heterocycles. The van der Waals surface area contributed by atoms with E-state index in [1.165, 1.54) is 0 Å². The molecule has 1 rings (SSSR count). The summed E-state index contributed by atoms with van der Waals surface area (Å²) in [5.41, 5.74) is 1.14. The van der Waals surface area contributed by atoms with Gasteiger partial charge in [-0.15, -0.1) is 0 Å². The molecule has 1 aromatic rings. The number of rotatable bonds is 5. The summed E-state index contributed by atoms with van der Waals surface area (Å²) in [6.07, 6.45) is 1.02. The Balaban J connectivity index is 2.67. The van der Waals surface area contributed by atoms with Crippen molar-refractivity contribution in [1.29, 1.82) is 0 Å². The largest absolute Gasteiger partial charge is 0.481 e. The highest BCUT2D eigenvalue weighted by atomic mass is 35.5. The summed E-state index contributed by atoms with van der Waals surface area (Å²) in [4.78, 5) is 10.7. The van der Waals surface area contributed by atoms with Gasteiger partial charge in [0.2, 0.25) is 0 Å². The molecule has 0 fully saturated rings. The van der Waals surface area contributed by atoms with Gasteiger partial charge < -0.3 is 5.11 Å². The van der Waals surface area contributed by atoms with Crippen LogP contribution in [0.25, 0.3) is 0 Å². The van der Waals surface area contributed by atoms with Gasteiger partial charge >= 0.3 is 5.97 Å². The first-order valence-electron chi connectivity index (χ1n) is 5.45. The summed E-state index contributed by atoms with van der Waals surface area (Å²) >= 11 is 5.80. The standard InChI is InChI=1S/C13H17ClO2/c1-9(2)11(8-13(15)16)7-10-3-5-12(14)6-4-10/h3-6,9,11H,7-8H2,1-2H3,(H,15,16). The van der Waals surface area contributed by atoms with Crippen LogP contribution in [0.5, 0.6) is 0 Å². The summed E-state index contributed by atoms with van der Waals surface area (Å²) in [5, 5.41) is 9.54. The van der Waals surface area contributed by atoms with E-state index in [4.69, 9.17) is 16.7 Å². The molecule has 0 aliphatic carbocycles. The van der Waals surface area contributed by atoms with Crippen molar-refractivity contribution in [1.82, 2.24) is 0 Å². The third-order valence-electron chi connectivity index (χ3n) is 2.79. The van der Waals surface area contributed by atoms with Crippen LogP contribution in [0.3, 0.4) is 0 Å². The smallest absolute Gasteiger partial charge is 0.303 e. The number of aliphatic carboxylic acids is 1. The Morgan fingerprint density at radius 3 is 2.31 bits per heavy atom. The van der Waals surface area contributed by atoms with Crippen molar-refractivity contribution in [2.45, 2.75) is 26.7 Å². The van der Waals surface area contributed by atoms with Gasteiger partial charge in [0, 0.05) is 11.4 Å². The zero-order valence-electron chi connectivity index (χ0n) is 9.61. The number of carboxylic acid groups (broad SMARTS) is 1. The van der Waals surface area contributed by atoms with E-state index in [-0.39, 0.29) is 12.3 Å². The maximum Gasteiger partial charge on any atom is 0.303 e. The zero-order chi connectivity index (χ0) is 12.1. The van der Waals surface area contributed by atoms with Crippen LogP contribution in [-0.4, -0.2) is 11.1 Å². The number of hydrogen-bond donors (Lipinski definition) is 1. The summed E-state index contributed by atoms with van der Waals surface area (Å²) in [6, 6.07) is 7.60. The Morgan fingerprint density at radius 2 is 1.88 bits per heavy atom. The molecule has 0 amide bonds. The zero-order valence-corrected chi connectivity index (χ0v) is 10.4. The van der Waals surface area contributed by atoms with Crippen LogP contribution in [0, 0.1) is 11.8 Å². The van der Waals surface area contributed by atoms with Gasteiger partial charge in [-0.2, -0.15) is 0 Å². The predicted octanol–water partition coefficient (Wildman–Crippen LogP) is 3.63. The van der Waals surface area contributed by atoms with Crippen molar-refractivity contribution in [3.8, 4) is 0 Å². The normalized spacial score (nSPS) is 12.8. The average molecular weight is 241 g/mol. The Morgan fingerprint density at radius 1 is 1.31 bits per heavy atom. The molecule has 0 aliphatic rings. The highest BCUT2D eigenvalue weighted by Crippen LogP contribution is 2.21. The van der Waals surface area contributed by atoms with Gasteiger partial charge in [0.25, 0.3) is 0 Å². The molecule has 0 aliphatic heterocycles. The van der Waals surface area contributed by atoms with Crippen molar-refractivity contribution in [3.63, 3.8) is 0 Å². The molecule has 0 saturated heterocycles. The van der Waals surface area contributed by atoms with E-state index in [1.807, 2.05) is 24.3 Å². The van der Waals surface area contributed by atoms with Gasteiger partial charge in [0.05, 0.1) is 0 Å². The lowest BCUT2D eigenvalue weighted by Gasteiger charge is -2.18. The van der Waals surface area contributed by atoms with Crippen LogP contribution in [0.1, 0.15) is 25.8 Å². The molecule has 2 nitrogen and oxygen atoms in total. The Bertz CT molecular complexity index is 343. The van der Waals surface area contributed by atoms with Crippen molar-refractivity contribution in [2.75, 3.05) is 0 Å². The Hall–Kier alpha value is -1.02. The van der Waals surface area contributed by atoms with E-state index in [9.17, 15) is 4.79 Å². The predicted molar refractivity (Wildman–Crippen MR) is 65.7 cm³/mol. The number of hydrogen-bond acceptors (Lipinski definition) is 1. The van der Waals surface area contributed by atoms with E-state index in [0.29, 0.717) is 10.9 Å². The van der Waals surface area contributed by atoms with Crippen molar-refractivity contribution >= 4 is 17.6 Å². The van der Waals surface area contributed by atoms with E-state index < -0.39 is 5.97 Å². The van der Waals surface area contributed by atoms with Gasteiger partial charge in [0.15, 0.2) is 0 Å². The second-order valence-electron chi connectivity index (χ2n) is 4.43. The number of benzene rings is 1. The molecular weight excluding hydrogens is 224 g/mol. The van der Waals surface area contributed by atoms with Gasteiger partial charge in [-0.3, -0.25) is 4.79 Å². The molecule has 0 bridgehead atoms. The minimum atomic E-state index is -0.729. The fraction of sp³-hybridized carbons (Fsp3) is 0.462. The first-order chi connectivity index (χ1) is 7.49. The molecule has 88 valence electrons. The van der Waals surface area contributed by atoms with Crippen LogP contribution in [0.15, 0.2) is 24.3 Å². The van der Waals surface area contributed by atoms with Crippen molar-refractivity contribution in [2.24, 2.45) is 11.8 Å². The molecule has 0 spiro atoms. The summed E-state index contributed by atoms with van der Waals surface area (Å²) in [5.74, 6) is -0.182. The first-order valence-corrected chi connectivity index (χ1v) is 5.83. The molecule has 0 aromatic heterocycles. The quantitative estimate of drug-likeness (QED) is 0.853. The van der Waals surface area contributed by atoms with Crippen LogP contribution in [0.2, 0.25) is 5.02 Å². The van der Waals surface area contributed by atoms with E-state index in [1.54, 1.807) is 0 Å². The number of carboxylic acids is 1. The average Bonchev–Trinajstić information content (AvgIpc) is 2.19. The van der Waals surface area contributed by atoms with Crippen LogP contribution >= 0.6 is 11.6 Å². The Labute approximate surface area is 101 Å². The molecule has 1 unspecified atom stereocenters. The molecule has 1 N–H and O–H groups in total. The SMILES string of the molecule is CC(C)C(CC(=O)O)Cc1ccc(Cl)cc1. The second-order valence-corrected chi connectivity index (χ2v) is 4.87. The van der Waals surface area contributed by atoms with E-state index >= 15 is 0 Å². The maximum absolute atomic E-state index is 10.7. The lowest BCUT2D eigenvalue weighted by molar-refractivity contribution is -0.138. The summed E-state index contributed by atoms with van der Waals surface area (Å²) < 4.78 is 0.